The molecule has 1 spiro atoms. The van der Waals surface area contributed by atoms with Crippen molar-refractivity contribution in [3.8, 4) is 0 Å². The van der Waals surface area contributed by atoms with Crippen molar-refractivity contribution in [2.75, 3.05) is 18.4 Å². The first-order valence-electron chi connectivity index (χ1n) is 5.05. The number of nitrogens with one attached hydrogen (secondary N) is 2. The molecule has 1 amide bonds. The fraction of sp³-hybridized carbons (Fsp3) is 0.364. The zero-order valence-electron chi connectivity index (χ0n) is 8.14. The maximum atomic E-state index is 12.0. The Morgan fingerprint density at radius 1 is 1.40 bits per heavy atom. The Hall–Kier alpha value is -1.06. The number of carbonyl (C=O) groups is 1. The molecular formula is C11H11ClN2O. The van der Waals surface area contributed by atoms with Gasteiger partial charge in [0.15, 0.2) is 0 Å². The van der Waals surface area contributed by atoms with Gasteiger partial charge in [-0.25, -0.2) is 0 Å². The minimum atomic E-state index is -0.423. The van der Waals surface area contributed by atoms with Crippen LogP contribution in [-0.4, -0.2) is 19.0 Å². The lowest BCUT2D eigenvalue weighted by atomic mass is 9.81. The van der Waals surface area contributed by atoms with Gasteiger partial charge in [-0.1, -0.05) is 17.7 Å². The van der Waals surface area contributed by atoms with Gasteiger partial charge in [0.1, 0.15) is 0 Å². The van der Waals surface area contributed by atoms with Crippen molar-refractivity contribution in [3.63, 3.8) is 0 Å². The first-order valence-corrected chi connectivity index (χ1v) is 5.43. The van der Waals surface area contributed by atoms with Crippen LogP contribution in [0.5, 0.6) is 0 Å². The number of hydrogen-bond donors (Lipinski definition) is 2. The molecule has 15 heavy (non-hydrogen) atoms. The maximum Gasteiger partial charge on any atom is 0.236 e. The van der Waals surface area contributed by atoms with E-state index < -0.39 is 5.41 Å². The second kappa shape index (κ2) is 2.97. The molecule has 1 fully saturated rings. The average molecular weight is 223 g/mol. The van der Waals surface area contributed by atoms with Gasteiger partial charge >= 0.3 is 0 Å². The third kappa shape index (κ3) is 1.08. The van der Waals surface area contributed by atoms with Crippen molar-refractivity contribution >= 4 is 23.2 Å². The van der Waals surface area contributed by atoms with E-state index in [2.05, 4.69) is 10.6 Å². The van der Waals surface area contributed by atoms with Crippen LogP contribution in [0.3, 0.4) is 0 Å². The molecule has 0 saturated carbocycles. The van der Waals surface area contributed by atoms with Crippen molar-refractivity contribution in [1.82, 2.24) is 5.32 Å². The number of rotatable bonds is 0. The van der Waals surface area contributed by atoms with E-state index in [9.17, 15) is 4.79 Å². The Bertz CT molecular complexity index is 438. The second-order valence-electron chi connectivity index (χ2n) is 4.13. The van der Waals surface area contributed by atoms with Crippen LogP contribution >= 0.6 is 11.6 Å². The molecule has 2 aliphatic heterocycles. The summed E-state index contributed by atoms with van der Waals surface area (Å²) in [7, 11) is 0. The highest BCUT2D eigenvalue weighted by Gasteiger charge is 2.49. The molecule has 0 aliphatic carbocycles. The number of fused-ring (bicyclic) bond motifs is 2. The minimum Gasteiger partial charge on any atom is -0.325 e. The molecule has 2 aliphatic rings. The highest BCUT2D eigenvalue weighted by Crippen LogP contribution is 2.45. The summed E-state index contributed by atoms with van der Waals surface area (Å²) in [5.41, 5.74) is 1.42. The van der Waals surface area contributed by atoms with Crippen LogP contribution < -0.4 is 10.6 Å². The third-order valence-corrected chi connectivity index (χ3v) is 3.65. The molecule has 1 atom stereocenters. The molecular weight excluding hydrogens is 212 g/mol. The Morgan fingerprint density at radius 3 is 3.00 bits per heavy atom. The number of hydrogen-bond acceptors (Lipinski definition) is 2. The summed E-state index contributed by atoms with van der Waals surface area (Å²) < 4.78 is 0. The van der Waals surface area contributed by atoms with E-state index in [0.29, 0.717) is 11.6 Å². The first-order chi connectivity index (χ1) is 7.24. The molecule has 3 rings (SSSR count). The molecule has 1 unspecified atom stereocenters. The second-order valence-corrected chi connectivity index (χ2v) is 4.53. The Kier molecular flexibility index (Phi) is 1.82. The molecule has 0 bridgehead atoms. The SMILES string of the molecule is O=C1Nc2cccc(Cl)c2C12CCNC2. The number of anilines is 1. The van der Waals surface area contributed by atoms with Crippen LogP contribution in [-0.2, 0) is 10.2 Å². The number of amides is 1. The van der Waals surface area contributed by atoms with Gasteiger partial charge in [-0.05, 0) is 25.1 Å². The molecule has 1 aromatic carbocycles. The average Bonchev–Trinajstić information content (AvgIpc) is 2.77. The number of carbonyl (C=O) groups excluding carboxylic acids is 1. The van der Waals surface area contributed by atoms with Crippen LogP contribution in [0.1, 0.15) is 12.0 Å². The first kappa shape index (κ1) is 9.19. The zero-order valence-corrected chi connectivity index (χ0v) is 8.90. The highest BCUT2D eigenvalue weighted by atomic mass is 35.5. The van der Waals surface area contributed by atoms with Crippen LogP contribution in [0.15, 0.2) is 18.2 Å². The molecule has 0 aromatic heterocycles. The summed E-state index contributed by atoms with van der Waals surface area (Å²) in [6.07, 6.45) is 0.829. The van der Waals surface area contributed by atoms with E-state index in [1.807, 2.05) is 18.2 Å². The van der Waals surface area contributed by atoms with E-state index in [1.165, 1.54) is 0 Å². The van der Waals surface area contributed by atoms with Crippen molar-refractivity contribution in [1.29, 1.82) is 0 Å². The van der Waals surface area contributed by atoms with Crippen LogP contribution in [0.2, 0.25) is 5.02 Å². The summed E-state index contributed by atoms with van der Waals surface area (Å²) in [5, 5.41) is 6.83. The predicted octanol–water partition coefficient (Wildman–Crippen LogP) is 1.52. The van der Waals surface area contributed by atoms with Gasteiger partial charge in [-0.2, -0.15) is 0 Å². The Labute approximate surface area is 92.8 Å². The van der Waals surface area contributed by atoms with E-state index in [1.54, 1.807) is 0 Å². The predicted molar refractivity (Wildman–Crippen MR) is 59.2 cm³/mol. The van der Waals surface area contributed by atoms with Crippen molar-refractivity contribution < 1.29 is 4.79 Å². The lowest BCUT2D eigenvalue weighted by Crippen LogP contribution is -2.36. The van der Waals surface area contributed by atoms with Crippen LogP contribution in [0.4, 0.5) is 5.69 Å². The van der Waals surface area contributed by atoms with Crippen molar-refractivity contribution in [2.45, 2.75) is 11.8 Å². The molecule has 4 heteroatoms. The third-order valence-electron chi connectivity index (χ3n) is 3.33. The fourth-order valence-electron chi connectivity index (χ4n) is 2.57. The number of benzene rings is 1. The molecule has 78 valence electrons. The van der Waals surface area contributed by atoms with Crippen LogP contribution in [0.25, 0.3) is 0 Å². The largest absolute Gasteiger partial charge is 0.325 e. The van der Waals surface area contributed by atoms with Gasteiger partial charge in [0.05, 0.1) is 5.41 Å². The molecule has 2 heterocycles. The molecule has 3 nitrogen and oxygen atoms in total. The van der Waals surface area contributed by atoms with E-state index in [0.717, 1.165) is 24.2 Å². The smallest absolute Gasteiger partial charge is 0.236 e. The van der Waals surface area contributed by atoms with Gasteiger partial charge in [-0.15, -0.1) is 0 Å². The Balaban J connectivity index is 2.24. The van der Waals surface area contributed by atoms with Crippen molar-refractivity contribution in [3.05, 3.63) is 28.8 Å². The summed E-state index contributed by atoms with van der Waals surface area (Å²) in [6.45, 7) is 1.56. The van der Waals surface area contributed by atoms with Gasteiger partial charge in [-0.3, -0.25) is 4.79 Å². The van der Waals surface area contributed by atoms with E-state index in [-0.39, 0.29) is 5.91 Å². The molecule has 1 saturated heterocycles. The van der Waals surface area contributed by atoms with Gasteiger partial charge in [0, 0.05) is 22.8 Å². The molecule has 0 radical (unpaired) electrons. The Morgan fingerprint density at radius 2 is 2.27 bits per heavy atom. The summed E-state index contributed by atoms with van der Waals surface area (Å²) >= 11 is 6.18. The summed E-state index contributed by atoms with van der Waals surface area (Å²) in [5.74, 6) is 0.0793. The van der Waals surface area contributed by atoms with Gasteiger partial charge in [0.2, 0.25) is 5.91 Å². The lowest BCUT2D eigenvalue weighted by Gasteiger charge is -2.20. The molecule has 1 aromatic rings. The van der Waals surface area contributed by atoms with Gasteiger partial charge in [0.25, 0.3) is 0 Å². The summed E-state index contributed by atoms with van der Waals surface area (Å²) in [4.78, 5) is 12.0. The van der Waals surface area contributed by atoms with Crippen LogP contribution in [0, 0.1) is 0 Å². The fourth-order valence-corrected chi connectivity index (χ4v) is 2.92. The van der Waals surface area contributed by atoms with Crippen molar-refractivity contribution in [2.24, 2.45) is 0 Å². The van der Waals surface area contributed by atoms with E-state index >= 15 is 0 Å². The maximum absolute atomic E-state index is 12.0. The lowest BCUT2D eigenvalue weighted by molar-refractivity contribution is -0.120. The van der Waals surface area contributed by atoms with Gasteiger partial charge < -0.3 is 10.6 Å². The monoisotopic (exact) mass is 222 g/mol. The normalized spacial score (nSPS) is 28.2. The topological polar surface area (TPSA) is 41.1 Å². The summed E-state index contributed by atoms with van der Waals surface area (Å²) in [6, 6.07) is 5.62. The van der Waals surface area contributed by atoms with E-state index in [4.69, 9.17) is 11.6 Å². The molecule has 2 N–H and O–H groups in total. The zero-order chi connectivity index (χ0) is 10.5. The highest BCUT2D eigenvalue weighted by molar-refractivity contribution is 6.33. The number of halogens is 1. The quantitative estimate of drug-likeness (QED) is 0.699. The standard InChI is InChI=1S/C11H11ClN2O/c12-7-2-1-3-8-9(7)11(10(15)14-8)4-5-13-6-11/h1-3,13H,4-6H2,(H,14,15). The minimum absolute atomic E-state index is 0.0793.